The molecule has 0 spiro atoms. The van der Waals surface area contributed by atoms with Gasteiger partial charge in [0.2, 0.25) is 0 Å². The van der Waals surface area contributed by atoms with Crippen LogP contribution < -0.4 is 10.2 Å². The van der Waals surface area contributed by atoms with E-state index in [1.807, 2.05) is 18.1 Å². The van der Waals surface area contributed by atoms with E-state index in [-0.39, 0.29) is 0 Å². The van der Waals surface area contributed by atoms with Crippen molar-refractivity contribution in [3.8, 4) is 22.4 Å². The van der Waals surface area contributed by atoms with Crippen LogP contribution in [-0.2, 0) is 0 Å². The van der Waals surface area contributed by atoms with Crippen LogP contribution in [0.2, 0.25) is 0 Å². The molecule has 0 saturated carbocycles. The molecule has 0 radical (unpaired) electrons. The first-order valence-corrected chi connectivity index (χ1v) is 13.8. The van der Waals surface area contributed by atoms with E-state index in [0.29, 0.717) is 0 Å². The molecule has 4 aromatic rings. The number of aromatic nitrogens is 3. The van der Waals surface area contributed by atoms with Crippen molar-refractivity contribution in [3.05, 3.63) is 65.6 Å². The summed E-state index contributed by atoms with van der Waals surface area (Å²) in [6.45, 7) is 12.8. The highest BCUT2D eigenvalue weighted by atomic mass is 32.2. The quantitative estimate of drug-likeness (QED) is 0.362. The summed E-state index contributed by atoms with van der Waals surface area (Å²) >= 11 is 2.05. The number of nitrogens with zero attached hydrogens (tertiary/aromatic N) is 4. The van der Waals surface area contributed by atoms with E-state index < -0.39 is 0 Å². The molecule has 5 heterocycles. The molecule has 1 aromatic carbocycles. The fourth-order valence-corrected chi connectivity index (χ4v) is 6.69. The molecule has 1 unspecified atom stereocenters. The number of fused-ring (bicyclic) bond motifs is 1. The van der Waals surface area contributed by atoms with Gasteiger partial charge >= 0.3 is 0 Å². The third-order valence-corrected chi connectivity index (χ3v) is 8.75. The number of pyridine rings is 2. The predicted molar refractivity (Wildman–Crippen MR) is 152 cm³/mol. The van der Waals surface area contributed by atoms with Gasteiger partial charge in [-0.25, -0.2) is 9.29 Å². The van der Waals surface area contributed by atoms with Crippen molar-refractivity contribution in [3.63, 3.8) is 0 Å². The second kappa shape index (κ2) is 9.88. The highest BCUT2D eigenvalue weighted by Gasteiger charge is 2.23. The number of aryl methyl sites for hydroxylation is 3. The van der Waals surface area contributed by atoms with Gasteiger partial charge in [-0.3, -0.25) is 4.98 Å². The van der Waals surface area contributed by atoms with Gasteiger partial charge in [0, 0.05) is 83.3 Å². The lowest BCUT2D eigenvalue weighted by Crippen LogP contribution is -2.44. The van der Waals surface area contributed by atoms with Gasteiger partial charge in [0.15, 0.2) is 0 Å². The van der Waals surface area contributed by atoms with E-state index in [9.17, 15) is 0 Å². The fourth-order valence-electron chi connectivity index (χ4n) is 5.48. The second-order valence-electron chi connectivity index (χ2n) is 10.1. The van der Waals surface area contributed by atoms with Crippen molar-refractivity contribution < 1.29 is 0 Å². The van der Waals surface area contributed by atoms with Crippen LogP contribution in [0.3, 0.4) is 0 Å². The molecule has 1 atom stereocenters. The first-order chi connectivity index (χ1) is 17.5. The summed E-state index contributed by atoms with van der Waals surface area (Å²) in [5.41, 5.74) is 9.21. The molecule has 2 aliphatic heterocycles. The SMILES string of the molecule is Cc1cc(-c2[nH]c3cc(-c4ccc(N5CCN(SC6CCNC6)CC5)nc4)ccc3c2C)cc(C)n1. The van der Waals surface area contributed by atoms with Gasteiger partial charge in [-0.15, -0.1) is 0 Å². The van der Waals surface area contributed by atoms with Gasteiger partial charge in [0.25, 0.3) is 0 Å². The summed E-state index contributed by atoms with van der Waals surface area (Å²) in [5.74, 6) is 1.08. The third-order valence-electron chi connectivity index (χ3n) is 7.39. The standard InChI is InChI=1S/C29H34N6S/c1-19-14-24(15-20(2)32-19)29-21(3)26-6-4-22(16-27(26)33-29)23-5-7-28(31-17-23)34-10-12-35(13-11-34)36-25-8-9-30-18-25/h4-7,14-17,25,30,33H,8-13,18H2,1-3H3. The van der Waals surface area contributed by atoms with Crippen LogP contribution in [0.25, 0.3) is 33.3 Å². The van der Waals surface area contributed by atoms with E-state index in [2.05, 4.69) is 87.7 Å². The Bertz CT molecular complexity index is 1340. The number of hydrogen-bond donors (Lipinski definition) is 2. The first kappa shape index (κ1) is 23.5. The predicted octanol–water partition coefficient (Wildman–Crippen LogP) is 5.35. The van der Waals surface area contributed by atoms with Crippen LogP contribution in [0.15, 0.2) is 48.7 Å². The average Bonchev–Trinajstić information content (AvgIpc) is 3.51. The van der Waals surface area contributed by atoms with Gasteiger partial charge in [-0.05, 0) is 75.2 Å². The maximum atomic E-state index is 4.85. The summed E-state index contributed by atoms with van der Waals surface area (Å²) in [6.07, 6.45) is 3.31. The summed E-state index contributed by atoms with van der Waals surface area (Å²) in [4.78, 5) is 15.5. The summed E-state index contributed by atoms with van der Waals surface area (Å²) in [6, 6.07) is 15.4. The lowest BCUT2D eigenvalue weighted by molar-refractivity contribution is 0.426. The maximum Gasteiger partial charge on any atom is 0.128 e. The highest BCUT2D eigenvalue weighted by molar-refractivity contribution is 7.97. The van der Waals surface area contributed by atoms with Gasteiger partial charge in [0.05, 0.1) is 0 Å². The Morgan fingerprint density at radius 3 is 2.36 bits per heavy atom. The van der Waals surface area contributed by atoms with E-state index in [1.165, 1.54) is 34.2 Å². The van der Waals surface area contributed by atoms with Crippen LogP contribution in [0, 0.1) is 20.8 Å². The minimum Gasteiger partial charge on any atom is -0.354 e. The molecule has 6 nitrogen and oxygen atoms in total. The number of nitrogens with one attached hydrogen (secondary N) is 2. The van der Waals surface area contributed by atoms with Crippen LogP contribution in [-0.4, -0.2) is 63.8 Å². The van der Waals surface area contributed by atoms with Gasteiger partial charge in [0.1, 0.15) is 5.82 Å². The van der Waals surface area contributed by atoms with E-state index in [1.54, 1.807) is 0 Å². The van der Waals surface area contributed by atoms with Crippen LogP contribution in [0.5, 0.6) is 0 Å². The van der Waals surface area contributed by atoms with Crippen molar-refractivity contribution in [2.45, 2.75) is 32.4 Å². The topological polar surface area (TPSA) is 60.1 Å². The van der Waals surface area contributed by atoms with Crippen LogP contribution >= 0.6 is 11.9 Å². The van der Waals surface area contributed by atoms with Crippen molar-refractivity contribution >= 4 is 28.7 Å². The Morgan fingerprint density at radius 1 is 0.889 bits per heavy atom. The van der Waals surface area contributed by atoms with Gasteiger partial charge in [-0.2, -0.15) is 0 Å². The van der Waals surface area contributed by atoms with E-state index in [4.69, 9.17) is 4.98 Å². The molecule has 6 rings (SSSR count). The average molecular weight is 499 g/mol. The number of hydrogen-bond acceptors (Lipinski definition) is 6. The zero-order chi connectivity index (χ0) is 24.6. The number of aromatic amines is 1. The van der Waals surface area contributed by atoms with Crippen molar-refractivity contribution in [2.75, 3.05) is 44.2 Å². The smallest absolute Gasteiger partial charge is 0.128 e. The third kappa shape index (κ3) is 4.75. The van der Waals surface area contributed by atoms with Crippen LogP contribution in [0.4, 0.5) is 5.82 Å². The minimum absolute atomic E-state index is 0.740. The molecule has 0 bridgehead atoms. The van der Waals surface area contributed by atoms with Gasteiger partial charge in [-0.1, -0.05) is 24.1 Å². The number of rotatable bonds is 5. The second-order valence-corrected chi connectivity index (χ2v) is 11.5. The lowest BCUT2D eigenvalue weighted by Gasteiger charge is -2.35. The molecule has 2 N–H and O–H groups in total. The monoisotopic (exact) mass is 498 g/mol. The zero-order valence-electron chi connectivity index (χ0n) is 21.3. The molecule has 36 heavy (non-hydrogen) atoms. The van der Waals surface area contributed by atoms with Crippen molar-refractivity contribution in [1.82, 2.24) is 24.6 Å². The largest absolute Gasteiger partial charge is 0.354 e. The molecule has 0 aliphatic carbocycles. The molecular weight excluding hydrogens is 464 g/mol. The number of anilines is 1. The molecule has 2 fully saturated rings. The Labute approximate surface area is 217 Å². The van der Waals surface area contributed by atoms with Crippen molar-refractivity contribution in [2.24, 2.45) is 0 Å². The Morgan fingerprint density at radius 2 is 1.67 bits per heavy atom. The molecule has 0 amide bonds. The Balaban J connectivity index is 1.17. The maximum absolute atomic E-state index is 4.85. The Kier molecular flexibility index (Phi) is 6.46. The summed E-state index contributed by atoms with van der Waals surface area (Å²) in [7, 11) is 0. The van der Waals surface area contributed by atoms with Crippen molar-refractivity contribution in [1.29, 1.82) is 0 Å². The summed E-state index contributed by atoms with van der Waals surface area (Å²) in [5, 5.41) is 5.47. The molecule has 7 heteroatoms. The molecular formula is C29H34N6S. The number of benzene rings is 1. The highest BCUT2D eigenvalue weighted by Crippen LogP contribution is 2.33. The molecule has 2 saturated heterocycles. The minimum atomic E-state index is 0.740. The molecule has 186 valence electrons. The normalized spacial score (nSPS) is 18.9. The number of piperazine rings is 1. The van der Waals surface area contributed by atoms with E-state index in [0.717, 1.165) is 72.8 Å². The number of H-pyrrole nitrogens is 1. The fraction of sp³-hybridized carbons (Fsp3) is 0.379. The first-order valence-electron chi connectivity index (χ1n) is 13.0. The lowest BCUT2D eigenvalue weighted by atomic mass is 10.0. The van der Waals surface area contributed by atoms with Crippen LogP contribution in [0.1, 0.15) is 23.4 Å². The van der Waals surface area contributed by atoms with Gasteiger partial charge < -0.3 is 15.2 Å². The molecule has 2 aliphatic rings. The Hall–Kier alpha value is -2.87. The van der Waals surface area contributed by atoms with E-state index >= 15 is 0 Å². The summed E-state index contributed by atoms with van der Waals surface area (Å²) < 4.78 is 2.54. The zero-order valence-corrected chi connectivity index (χ0v) is 22.2. The molecule has 3 aromatic heterocycles.